The predicted molar refractivity (Wildman–Crippen MR) is 89.3 cm³/mol. The van der Waals surface area contributed by atoms with Crippen molar-refractivity contribution in [2.45, 2.75) is 25.9 Å². The summed E-state index contributed by atoms with van der Waals surface area (Å²) >= 11 is 12.0. The highest BCUT2D eigenvalue weighted by Crippen LogP contribution is 2.27. The number of β-amino-alcohol motifs (C(OH)–C–C–N with tert-alkyl or cyclic N) is 1. The molecular formula is C16H22Cl2N2O2. The Morgan fingerprint density at radius 2 is 2.05 bits per heavy atom. The minimum atomic E-state index is -0.654. The summed E-state index contributed by atoms with van der Waals surface area (Å²) in [7, 11) is 0. The van der Waals surface area contributed by atoms with E-state index in [4.69, 9.17) is 23.2 Å². The van der Waals surface area contributed by atoms with Crippen molar-refractivity contribution in [1.82, 2.24) is 9.80 Å². The van der Waals surface area contributed by atoms with Crippen molar-refractivity contribution in [1.29, 1.82) is 0 Å². The van der Waals surface area contributed by atoms with Crippen molar-refractivity contribution in [3.8, 4) is 0 Å². The van der Waals surface area contributed by atoms with Crippen LogP contribution < -0.4 is 0 Å². The highest BCUT2D eigenvalue weighted by atomic mass is 35.5. The van der Waals surface area contributed by atoms with Crippen LogP contribution in [0.2, 0.25) is 10.0 Å². The van der Waals surface area contributed by atoms with Crippen molar-refractivity contribution < 1.29 is 9.90 Å². The highest BCUT2D eigenvalue weighted by molar-refractivity contribution is 6.35. The van der Waals surface area contributed by atoms with Crippen molar-refractivity contribution >= 4 is 29.1 Å². The largest absolute Gasteiger partial charge is 0.387 e. The van der Waals surface area contributed by atoms with Gasteiger partial charge in [0.2, 0.25) is 5.91 Å². The third-order valence-corrected chi connectivity index (χ3v) is 4.56. The smallest absolute Gasteiger partial charge is 0.222 e. The Morgan fingerprint density at radius 3 is 2.73 bits per heavy atom. The van der Waals surface area contributed by atoms with E-state index in [-0.39, 0.29) is 5.91 Å². The molecule has 0 saturated carbocycles. The van der Waals surface area contributed by atoms with Crippen LogP contribution in [0.4, 0.5) is 0 Å². The van der Waals surface area contributed by atoms with E-state index in [0.717, 1.165) is 26.1 Å². The van der Waals surface area contributed by atoms with Gasteiger partial charge in [-0.2, -0.15) is 0 Å². The number of carbonyl (C=O) groups is 1. The van der Waals surface area contributed by atoms with Crippen LogP contribution in [-0.4, -0.2) is 53.5 Å². The molecule has 122 valence electrons. The molecule has 0 spiro atoms. The van der Waals surface area contributed by atoms with Gasteiger partial charge in [0.1, 0.15) is 0 Å². The Bertz CT molecular complexity index is 525. The van der Waals surface area contributed by atoms with Gasteiger partial charge in [0.15, 0.2) is 0 Å². The van der Waals surface area contributed by atoms with Crippen LogP contribution in [0.3, 0.4) is 0 Å². The van der Waals surface area contributed by atoms with Crippen molar-refractivity contribution in [3.05, 3.63) is 33.8 Å². The summed E-state index contributed by atoms with van der Waals surface area (Å²) in [5, 5.41) is 11.5. The molecule has 1 aliphatic rings. The lowest BCUT2D eigenvalue weighted by molar-refractivity contribution is -0.130. The molecule has 1 aromatic rings. The first-order chi connectivity index (χ1) is 10.5. The molecule has 6 heteroatoms. The number of halogens is 2. The number of rotatable bonds is 4. The lowest BCUT2D eigenvalue weighted by Gasteiger charge is -2.24. The number of nitrogens with zero attached hydrogens (tertiary/aromatic N) is 2. The van der Waals surface area contributed by atoms with Crippen molar-refractivity contribution in [2.75, 3.05) is 32.7 Å². The summed E-state index contributed by atoms with van der Waals surface area (Å²) in [6, 6.07) is 5.14. The summed E-state index contributed by atoms with van der Waals surface area (Å²) in [6.45, 7) is 5.55. The Hall–Kier alpha value is -0.810. The molecule has 1 fully saturated rings. The summed E-state index contributed by atoms with van der Waals surface area (Å²) in [5.41, 5.74) is 0.691. The maximum atomic E-state index is 11.8. The number of carbonyl (C=O) groups excluding carboxylic acids is 1. The first-order valence-electron chi connectivity index (χ1n) is 7.64. The van der Waals surface area contributed by atoms with Gasteiger partial charge in [-0.1, -0.05) is 36.2 Å². The van der Waals surface area contributed by atoms with E-state index in [9.17, 15) is 9.90 Å². The lowest BCUT2D eigenvalue weighted by Crippen LogP contribution is -2.36. The summed E-state index contributed by atoms with van der Waals surface area (Å²) in [5.74, 6) is 0.197. The molecule has 0 bridgehead atoms. The van der Waals surface area contributed by atoms with E-state index >= 15 is 0 Å². The quantitative estimate of drug-likeness (QED) is 0.912. The number of benzene rings is 1. The minimum absolute atomic E-state index is 0.197. The van der Waals surface area contributed by atoms with Gasteiger partial charge < -0.3 is 10.0 Å². The van der Waals surface area contributed by atoms with Crippen LogP contribution in [0.1, 0.15) is 31.4 Å². The SMILES string of the molecule is CCC(=O)N1CCCN(CC(O)c2ccc(Cl)cc2Cl)CC1. The van der Waals surface area contributed by atoms with E-state index in [2.05, 4.69) is 4.90 Å². The van der Waals surface area contributed by atoms with Crippen LogP contribution in [-0.2, 0) is 4.79 Å². The first kappa shape index (κ1) is 17.5. The van der Waals surface area contributed by atoms with Gasteiger partial charge in [0.05, 0.1) is 6.10 Å². The summed E-state index contributed by atoms with van der Waals surface area (Å²) < 4.78 is 0. The third kappa shape index (κ3) is 4.59. The molecule has 4 nitrogen and oxygen atoms in total. The zero-order chi connectivity index (χ0) is 16.1. The molecule has 1 aliphatic heterocycles. The van der Waals surface area contributed by atoms with Gasteiger partial charge in [-0.3, -0.25) is 9.69 Å². The minimum Gasteiger partial charge on any atom is -0.387 e. The van der Waals surface area contributed by atoms with Crippen LogP contribution in [0, 0.1) is 0 Å². The van der Waals surface area contributed by atoms with E-state index < -0.39 is 6.10 Å². The Morgan fingerprint density at radius 1 is 1.27 bits per heavy atom. The van der Waals surface area contributed by atoms with Gasteiger partial charge in [0, 0.05) is 54.8 Å². The molecule has 1 heterocycles. The molecule has 1 aromatic carbocycles. The fourth-order valence-electron chi connectivity index (χ4n) is 2.74. The second kappa shape index (κ2) is 8.16. The van der Waals surface area contributed by atoms with Gasteiger partial charge in [-0.25, -0.2) is 0 Å². The average Bonchev–Trinajstić information content (AvgIpc) is 2.72. The van der Waals surface area contributed by atoms with E-state index in [1.165, 1.54) is 0 Å². The predicted octanol–water partition coefficient (Wildman–Crippen LogP) is 2.97. The van der Waals surface area contributed by atoms with Gasteiger partial charge in [-0.15, -0.1) is 0 Å². The van der Waals surface area contributed by atoms with Crippen LogP contribution in [0.15, 0.2) is 18.2 Å². The molecule has 1 atom stereocenters. The van der Waals surface area contributed by atoms with Crippen molar-refractivity contribution in [3.63, 3.8) is 0 Å². The van der Waals surface area contributed by atoms with Gasteiger partial charge in [-0.05, 0) is 18.6 Å². The number of amides is 1. The normalized spacial score (nSPS) is 18.1. The number of aliphatic hydroxyl groups excluding tert-OH is 1. The lowest BCUT2D eigenvalue weighted by atomic mass is 10.1. The fourth-order valence-corrected chi connectivity index (χ4v) is 3.28. The topological polar surface area (TPSA) is 43.8 Å². The molecule has 2 rings (SSSR count). The van der Waals surface area contributed by atoms with Crippen molar-refractivity contribution in [2.24, 2.45) is 0 Å². The third-order valence-electron chi connectivity index (χ3n) is 4.00. The molecule has 1 N–H and O–H groups in total. The first-order valence-corrected chi connectivity index (χ1v) is 8.40. The average molecular weight is 345 g/mol. The second-order valence-corrected chi connectivity index (χ2v) is 6.41. The molecule has 0 aliphatic carbocycles. The second-order valence-electron chi connectivity index (χ2n) is 5.57. The molecule has 1 unspecified atom stereocenters. The number of hydrogen-bond acceptors (Lipinski definition) is 3. The molecule has 1 amide bonds. The Labute approximate surface area is 141 Å². The molecule has 1 saturated heterocycles. The van der Waals surface area contributed by atoms with Crippen LogP contribution in [0.5, 0.6) is 0 Å². The fraction of sp³-hybridized carbons (Fsp3) is 0.562. The van der Waals surface area contributed by atoms with Gasteiger partial charge >= 0.3 is 0 Å². The van der Waals surface area contributed by atoms with E-state index in [1.54, 1.807) is 18.2 Å². The summed E-state index contributed by atoms with van der Waals surface area (Å²) in [4.78, 5) is 15.9. The highest BCUT2D eigenvalue weighted by Gasteiger charge is 2.21. The van der Waals surface area contributed by atoms with Crippen LogP contribution in [0.25, 0.3) is 0 Å². The van der Waals surface area contributed by atoms with E-state index in [1.807, 2.05) is 11.8 Å². The van der Waals surface area contributed by atoms with E-state index in [0.29, 0.717) is 35.1 Å². The maximum Gasteiger partial charge on any atom is 0.222 e. The van der Waals surface area contributed by atoms with Crippen LogP contribution >= 0.6 is 23.2 Å². The number of hydrogen-bond donors (Lipinski definition) is 1. The monoisotopic (exact) mass is 344 g/mol. The Kier molecular flexibility index (Phi) is 6.50. The molecule has 0 radical (unpaired) electrons. The molecular weight excluding hydrogens is 323 g/mol. The Balaban J connectivity index is 1.94. The van der Waals surface area contributed by atoms with Gasteiger partial charge in [0.25, 0.3) is 0 Å². The molecule has 22 heavy (non-hydrogen) atoms. The zero-order valence-electron chi connectivity index (χ0n) is 12.8. The zero-order valence-corrected chi connectivity index (χ0v) is 14.3. The molecule has 0 aromatic heterocycles. The maximum absolute atomic E-state index is 11.8. The standard InChI is InChI=1S/C16H22Cl2N2O2/c1-2-16(22)20-7-3-6-19(8-9-20)11-15(21)13-5-4-12(17)10-14(13)18/h4-5,10,15,21H,2-3,6-9,11H2,1H3. The number of aliphatic hydroxyl groups is 1. The summed E-state index contributed by atoms with van der Waals surface area (Å²) in [6.07, 6.45) is 0.814.